The molecule has 112 valence electrons. The van der Waals surface area contributed by atoms with Crippen LogP contribution in [0.5, 0.6) is 5.75 Å². The summed E-state index contributed by atoms with van der Waals surface area (Å²) in [6.07, 6.45) is 3.66. The predicted octanol–water partition coefficient (Wildman–Crippen LogP) is 5.18. The molecule has 3 rings (SSSR count). The van der Waals surface area contributed by atoms with E-state index in [0.717, 1.165) is 22.9 Å². The van der Waals surface area contributed by atoms with Crippen LogP contribution in [0.3, 0.4) is 0 Å². The Balaban J connectivity index is 1.77. The molecular weight excluding hydrogens is 417 g/mol. The Hall–Kier alpha value is -0.300. The molecule has 0 radical (unpaired) electrons. The summed E-state index contributed by atoms with van der Waals surface area (Å²) in [4.78, 5) is 1.54. The van der Waals surface area contributed by atoms with E-state index in [0.29, 0.717) is 6.04 Å². The van der Waals surface area contributed by atoms with Crippen molar-refractivity contribution in [1.29, 1.82) is 0 Å². The smallest absolute Gasteiger partial charge is 0.124 e. The Morgan fingerprint density at radius 1 is 1.48 bits per heavy atom. The van der Waals surface area contributed by atoms with Crippen LogP contribution in [0.25, 0.3) is 0 Å². The zero-order chi connectivity index (χ0) is 14.8. The van der Waals surface area contributed by atoms with Gasteiger partial charge in [0.2, 0.25) is 0 Å². The summed E-state index contributed by atoms with van der Waals surface area (Å²) in [5.74, 6) is 0.853. The summed E-state index contributed by atoms with van der Waals surface area (Å²) < 4.78 is 6.79. The van der Waals surface area contributed by atoms with Crippen molar-refractivity contribution in [1.82, 2.24) is 5.32 Å². The normalized spacial score (nSPS) is 17.6. The van der Waals surface area contributed by atoms with Gasteiger partial charge in [-0.1, -0.05) is 17.7 Å². The third-order valence-electron chi connectivity index (χ3n) is 3.90. The van der Waals surface area contributed by atoms with Crippen molar-refractivity contribution >= 4 is 45.5 Å². The first-order chi connectivity index (χ1) is 10.2. The molecular formula is C16H17ClINOS. The lowest BCUT2D eigenvalue weighted by atomic mass is 9.94. The molecule has 1 aromatic heterocycles. The number of benzene rings is 1. The number of halogens is 2. The van der Waals surface area contributed by atoms with E-state index in [9.17, 15) is 0 Å². The predicted molar refractivity (Wildman–Crippen MR) is 97.6 cm³/mol. The number of rotatable bonds is 4. The summed E-state index contributed by atoms with van der Waals surface area (Å²) >= 11 is 10.7. The van der Waals surface area contributed by atoms with Crippen molar-refractivity contribution in [3.05, 3.63) is 48.2 Å². The van der Waals surface area contributed by atoms with E-state index in [1.165, 1.54) is 32.6 Å². The molecule has 1 atom stereocenters. The van der Waals surface area contributed by atoms with Gasteiger partial charge in [0, 0.05) is 28.0 Å². The Bertz CT molecular complexity index is 643. The SMILES string of the molecule is COc1cccc(Cl)c1CNC1CCCc2sc(I)cc21. The van der Waals surface area contributed by atoms with Crippen molar-refractivity contribution in [2.75, 3.05) is 7.11 Å². The van der Waals surface area contributed by atoms with Crippen LogP contribution in [0.15, 0.2) is 24.3 Å². The Labute approximate surface area is 148 Å². The lowest BCUT2D eigenvalue weighted by Crippen LogP contribution is -2.24. The van der Waals surface area contributed by atoms with Gasteiger partial charge in [0.25, 0.3) is 0 Å². The molecule has 2 nitrogen and oxygen atoms in total. The van der Waals surface area contributed by atoms with Gasteiger partial charge in [-0.3, -0.25) is 0 Å². The van der Waals surface area contributed by atoms with Gasteiger partial charge in [0.05, 0.1) is 9.99 Å². The van der Waals surface area contributed by atoms with Crippen LogP contribution in [0, 0.1) is 2.88 Å². The van der Waals surface area contributed by atoms with Crippen molar-refractivity contribution in [2.45, 2.75) is 31.8 Å². The monoisotopic (exact) mass is 433 g/mol. The topological polar surface area (TPSA) is 21.3 Å². The Kier molecular flexibility index (Phi) is 5.09. The van der Waals surface area contributed by atoms with Crippen molar-refractivity contribution < 1.29 is 4.74 Å². The molecule has 21 heavy (non-hydrogen) atoms. The Morgan fingerprint density at radius 2 is 2.33 bits per heavy atom. The molecule has 1 heterocycles. The van der Waals surface area contributed by atoms with Gasteiger partial charge in [0.15, 0.2) is 0 Å². The third-order valence-corrected chi connectivity index (χ3v) is 6.23. The van der Waals surface area contributed by atoms with Crippen LogP contribution in [0.4, 0.5) is 0 Å². The number of ether oxygens (including phenoxy) is 1. The minimum atomic E-state index is 0.425. The highest BCUT2D eigenvalue weighted by molar-refractivity contribution is 14.1. The number of nitrogens with one attached hydrogen (secondary N) is 1. The van der Waals surface area contributed by atoms with Crippen LogP contribution < -0.4 is 10.1 Å². The van der Waals surface area contributed by atoms with E-state index in [-0.39, 0.29) is 0 Å². The molecule has 1 N–H and O–H groups in total. The number of thiophene rings is 1. The number of methoxy groups -OCH3 is 1. The molecule has 2 aromatic rings. The number of hydrogen-bond donors (Lipinski definition) is 1. The fraction of sp³-hybridized carbons (Fsp3) is 0.375. The molecule has 1 aliphatic carbocycles. The molecule has 1 unspecified atom stereocenters. The second kappa shape index (κ2) is 6.86. The van der Waals surface area contributed by atoms with Gasteiger partial charge in [0.1, 0.15) is 5.75 Å². The molecule has 0 spiro atoms. The van der Waals surface area contributed by atoms with E-state index in [1.807, 2.05) is 29.5 Å². The number of aryl methyl sites for hydroxylation is 1. The number of fused-ring (bicyclic) bond motifs is 1. The van der Waals surface area contributed by atoms with Gasteiger partial charge in [-0.15, -0.1) is 11.3 Å². The summed E-state index contributed by atoms with van der Waals surface area (Å²) in [6.45, 7) is 0.735. The lowest BCUT2D eigenvalue weighted by molar-refractivity contribution is 0.401. The van der Waals surface area contributed by atoms with Gasteiger partial charge in [-0.25, -0.2) is 0 Å². The average Bonchev–Trinajstić information content (AvgIpc) is 2.86. The number of hydrogen-bond acceptors (Lipinski definition) is 3. The maximum Gasteiger partial charge on any atom is 0.124 e. The minimum absolute atomic E-state index is 0.425. The summed E-state index contributed by atoms with van der Waals surface area (Å²) in [7, 11) is 1.69. The van der Waals surface area contributed by atoms with Gasteiger partial charge < -0.3 is 10.1 Å². The second-order valence-corrected chi connectivity index (χ2v) is 8.61. The van der Waals surface area contributed by atoms with Gasteiger partial charge in [-0.05, 0) is 65.6 Å². The maximum atomic E-state index is 6.31. The third kappa shape index (κ3) is 3.38. The summed E-state index contributed by atoms with van der Waals surface area (Å²) in [5, 5.41) is 4.42. The van der Waals surface area contributed by atoms with Crippen LogP contribution in [-0.4, -0.2) is 7.11 Å². The molecule has 0 fully saturated rings. The fourth-order valence-electron chi connectivity index (χ4n) is 2.86. The van der Waals surface area contributed by atoms with Crippen LogP contribution >= 0.6 is 45.5 Å². The van der Waals surface area contributed by atoms with E-state index < -0.39 is 0 Å². The Morgan fingerprint density at radius 3 is 3.14 bits per heavy atom. The second-order valence-electron chi connectivity index (χ2n) is 5.18. The van der Waals surface area contributed by atoms with Crippen LogP contribution in [0.2, 0.25) is 5.02 Å². The van der Waals surface area contributed by atoms with Crippen molar-refractivity contribution in [3.8, 4) is 5.75 Å². The van der Waals surface area contributed by atoms with Crippen LogP contribution in [0.1, 0.15) is 34.9 Å². The zero-order valence-electron chi connectivity index (χ0n) is 11.8. The van der Waals surface area contributed by atoms with E-state index in [4.69, 9.17) is 16.3 Å². The van der Waals surface area contributed by atoms with E-state index in [2.05, 4.69) is 34.0 Å². The lowest BCUT2D eigenvalue weighted by Gasteiger charge is -2.24. The minimum Gasteiger partial charge on any atom is -0.496 e. The molecule has 1 aromatic carbocycles. The van der Waals surface area contributed by atoms with Gasteiger partial charge >= 0.3 is 0 Å². The van der Waals surface area contributed by atoms with Crippen molar-refractivity contribution in [3.63, 3.8) is 0 Å². The molecule has 0 saturated heterocycles. The summed E-state index contributed by atoms with van der Waals surface area (Å²) in [6, 6.07) is 8.55. The largest absolute Gasteiger partial charge is 0.496 e. The van der Waals surface area contributed by atoms with Crippen LogP contribution in [-0.2, 0) is 13.0 Å². The quantitative estimate of drug-likeness (QED) is 0.671. The van der Waals surface area contributed by atoms with Crippen molar-refractivity contribution in [2.24, 2.45) is 0 Å². The van der Waals surface area contributed by atoms with E-state index >= 15 is 0 Å². The first-order valence-electron chi connectivity index (χ1n) is 7.02. The molecule has 0 aliphatic heterocycles. The molecule has 0 saturated carbocycles. The highest BCUT2D eigenvalue weighted by Gasteiger charge is 2.22. The molecule has 5 heteroatoms. The highest BCUT2D eigenvalue weighted by atomic mass is 127. The molecule has 1 aliphatic rings. The fourth-order valence-corrected chi connectivity index (χ4v) is 5.21. The first-order valence-corrected chi connectivity index (χ1v) is 9.29. The van der Waals surface area contributed by atoms with E-state index in [1.54, 1.807) is 7.11 Å². The first kappa shape index (κ1) is 15.6. The highest BCUT2D eigenvalue weighted by Crippen LogP contribution is 2.37. The average molecular weight is 434 g/mol. The maximum absolute atomic E-state index is 6.31. The molecule has 0 amide bonds. The summed E-state index contributed by atoms with van der Waals surface area (Å²) in [5.41, 5.74) is 2.51. The standard InChI is InChI=1S/C16H17ClINOS/c1-20-14-6-2-4-12(17)11(14)9-19-13-5-3-7-15-10(13)8-16(18)21-15/h2,4,6,8,13,19H,3,5,7,9H2,1H3. The van der Waals surface area contributed by atoms with Gasteiger partial charge in [-0.2, -0.15) is 0 Å². The zero-order valence-corrected chi connectivity index (χ0v) is 15.5. The molecule has 0 bridgehead atoms.